The van der Waals surface area contributed by atoms with E-state index in [-0.39, 0.29) is 0 Å². The molecule has 1 saturated heterocycles. The first-order valence-corrected chi connectivity index (χ1v) is 7.82. The van der Waals surface area contributed by atoms with Crippen molar-refractivity contribution in [1.29, 1.82) is 0 Å². The number of hydrogen-bond acceptors (Lipinski definition) is 4. The SMILES string of the molecule is COc1ccc2c(OC)cc(CN3CCCCC3)c(O)c2c1. The summed E-state index contributed by atoms with van der Waals surface area (Å²) in [7, 11) is 3.30. The monoisotopic (exact) mass is 301 g/mol. The second-order valence-corrected chi connectivity index (χ2v) is 5.83. The van der Waals surface area contributed by atoms with Gasteiger partial charge in [0.1, 0.15) is 17.2 Å². The highest BCUT2D eigenvalue weighted by atomic mass is 16.5. The molecule has 1 N–H and O–H groups in total. The van der Waals surface area contributed by atoms with Crippen LogP contribution in [0, 0.1) is 0 Å². The van der Waals surface area contributed by atoms with Crippen molar-refractivity contribution < 1.29 is 14.6 Å². The maximum Gasteiger partial charge on any atom is 0.128 e. The number of fused-ring (bicyclic) bond motifs is 1. The van der Waals surface area contributed by atoms with E-state index in [4.69, 9.17) is 9.47 Å². The zero-order valence-corrected chi connectivity index (χ0v) is 13.3. The van der Waals surface area contributed by atoms with Crippen LogP contribution >= 0.6 is 0 Å². The Balaban J connectivity index is 2.03. The lowest BCUT2D eigenvalue weighted by Crippen LogP contribution is -2.29. The summed E-state index contributed by atoms with van der Waals surface area (Å²) in [6, 6.07) is 7.64. The Bertz CT molecular complexity index is 663. The molecule has 0 aliphatic carbocycles. The number of phenols is 1. The first kappa shape index (κ1) is 15.0. The first-order valence-electron chi connectivity index (χ1n) is 7.82. The Morgan fingerprint density at radius 1 is 1.00 bits per heavy atom. The lowest BCUT2D eigenvalue weighted by Gasteiger charge is -2.27. The van der Waals surface area contributed by atoms with Gasteiger partial charge in [0.05, 0.1) is 14.2 Å². The van der Waals surface area contributed by atoms with Gasteiger partial charge in [0.15, 0.2) is 0 Å². The highest BCUT2D eigenvalue weighted by Crippen LogP contribution is 2.38. The molecule has 4 heteroatoms. The summed E-state index contributed by atoms with van der Waals surface area (Å²) in [6.07, 6.45) is 3.78. The molecule has 4 nitrogen and oxygen atoms in total. The smallest absolute Gasteiger partial charge is 0.128 e. The molecule has 2 aromatic rings. The van der Waals surface area contributed by atoms with Gasteiger partial charge in [-0.25, -0.2) is 0 Å². The van der Waals surface area contributed by atoms with Crippen LogP contribution in [-0.4, -0.2) is 37.3 Å². The second-order valence-electron chi connectivity index (χ2n) is 5.83. The standard InChI is InChI=1S/C18H23NO3/c1-21-14-6-7-15-16(11-14)18(20)13(10-17(15)22-2)12-19-8-4-3-5-9-19/h6-7,10-11,20H,3-5,8-9,12H2,1-2H3. The van der Waals surface area contributed by atoms with Crippen LogP contribution in [0.25, 0.3) is 10.8 Å². The van der Waals surface area contributed by atoms with E-state index in [0.29, 0.717) is 5.75 Å². The number of benzene rings is 2. The molecular formula is C18H23NO3. The molecule has 22 heavy (non-hydrogen) atoms. The Morgan fingerprint density at radius 2 is 1.77 bits per heavy atom. The predicted octanol–water partition coefficient (Wildman–Crippen LogP) is 3.55. The molecule has 0 amide bonds. The van der Waals surface area contributed by atoms with Gasteiger partial charge in [0.25, 0.3) is 0 Å². The lowest BCUT2D eigenvalue weighted by molar-refractivity contribution is 0.218. The van der Waals surface area contributed by atoms with Crippen molar-refractivity contribution in [2.75, 3.05) is 27.3 Å². The number of piperidine rings is 1. The van der Waals surface area contributed by atoms with Gasteiger partial charge in [-0.3, -0.25) is 4.90 Å². The third kappa shape index (κ3) is 2.83. The molecule has 0 aromatic heterocycles. The number of nitrogens with zero attached hydrogens (tertiary/aromatic N) is 1. The van der Waals surface area contributed by atoms with Crippen LogP contribution < -0.4 is 9.47 Å². The summed E-state index contributed by atoms with van der Waals surface area (Å²) in [6.45, 7) is 2.95. The van der Waals surface area contributed by atoms with E-state index in [1.807, 2.05) is 24.3 Å². The minimum absolute atomic E-state index is 0.334. The van der Waals surface area contributed by atoms with E-state index >= 15 is 0 Å². The molecule has 0 unspecified atom stereocenters. The number of likely N-dealkylation sites (tertiary alicyclic amines) is 1. The highest BCUT2D eigenvalue weighted by Gasteiger charge is 2.17. The van der Waals surface area contributed by atoms with Gasteiger partial charge in [-0.15, -0.1) is 0 Å². The maximum atomic E-state index is 10.7. The van der Waals surface area contributed by atoms with Crippen LogP contribution in [0.1, 0.15) is 24.8 Å². The van der Waals surface area contributed by atoms with E-state index in [1.165, 1.54) is 19.3 Å². The molecule has 3 rings (SSSR count). The fourth-order valence-electron chi connectivity index (χ4n) is 3.19. The van der Waals surface area contributed by atoms with Gasteiger partial charge in [0.2, 0.25) is 0 Å². The molecule has 1 fully saturated rings. The molecule has 118 valence electrons. The summed E-state index contributed by atoms with van der Waals surface area (Å²) in [5.41, 5.74) is 0.916. The fourth-order valence-corrected chi connectivity index (χ4v) is 3.19. The van der Waals surface area contributed by atoms with Crippen LogP contribution in [0.2, 0.25) is 0 Å². The zero-order chi connectivity index (χ0) is 15.5. The molecule has 0 spiro atoms. The fraction of sp³-hybridized carbons (Fsp3) is 0.444. The van der Waals surface area contributed by atoms with Crippen molar-refractivity contribution >= 4 is 10.8 Å². The third-order valence-electron chi connectivity index (χ3n) is 4.42. The number of aromatic hydroxyl groups is 1. The molecule has 1 aliphatic rings. The zero-order valence-electron chi connectivity index (χ0n) is 13.3. The van der Waals surface area contributed by atoms with E-state index in [2.05, 4.69) is 4.90 Å². The van der Waals surface area contributed by atoms with Crippen molar-refractivity contribution in [1.82, 2.24) is 4.90 Å². The maximum absolute atomic E-state index is 10.7. The average molecular weight is 301 g/mol. The van der Waals surface area contributed by atoms with E-state index in [1.54, 1.807) is 14.2 Å². The van der Waals surface area contributed by atoms with Gasteiger partial charge in [-0.2, -0.15) is 0 Å². The van der Waals surface area contributed by atoms with Crippen molar-refractivity contribution in [2.45, 2.75) is 25.8 Å². The number of ether oxygens (including phenoxy) is 2. The Morgan fingerprint density at radius 3 is 2.45 bits per heavy atom. The molecule has 1 aliphatic heterocycles. The molecule has 2 aromatic carbocycles. The number of phenolic OH excluding ortho intramolecular Hbond substituents is 1. The van der Waals surface area contributed by atoms with E-state index < -0.39 is 0 Å². The van der Waals surface area contributed by atoms with Crippen molar-refractivity contribution in [3.05, 3.63) is 29.8 Å². The summed E-state index contributed by atoms with van der Waals surface area (Å²) in [5, 5.41) is 12.4. The highest BCUT2D eigenvalue weighted by molar-refractivity contribution is 5.95. The Kier molecular flexibility index (Phi) is 4.39. The van der Waals surface area contributed by atoms with Crippen molar-refractivity contribution in [3.63, 3.8) is 0 Å². The largest absolute Gasteiger partial charge is 0.507 e. The van der Waals surface area contributed by atoms with Gasteiger partial charge >= 0.3 is 0 Å². The lowest BCUT2D eigenvalue weighted by atomic mass is 10.0. The van der Waals surface area contributed by atoms with Crippen LogP contribution in [0.3, 0.4) is 0 Å². The summed E-state index contributed by atoms with van der Waals surface area (Å²) < 4.78 is 10.8. The second kappa shape index (κ2) is 6.44. The Hall–Kier alpha value is -1.94. The topological polar surface area (TPSA) is 41.9 Å². The van der Waals surface area contributed by atoms with Crippen LogP contribution in [0.4, 0.5) is 0 Å². The van der Waals surface area contributed by atoms with Crippen LogP contribution in [0.15, 0.2) is 24.3 Å². The molecule has 0 atom stereocenters. The van der Waals surface area contributed by atoms with Crippen molar-refractivity contribution in [2.24, 2.45) is 0 Å². The minimum Gasteiger partial charge on any atom is -0.507 e. The molecule has 0 bridgehead atoms. The molecule has 1 heterocycles. The molecular weight excluding hydrogens is 278 g/mol. The number of methoxy groups -OCH3 is 2. The van der Waals surface area contributed by atoms with Gasteiger partial charge < -0.3 is 14.6 Å². The summed E-state index contributed by atoms with van der Waals surface area (Å²) >= 11 is 0. The summed E-state index contributed by atoms with van der Waals surface area (Å²) in [5.74, 6) is 1.86. The normalized spacial score (nSPS) is 15.9. The van der Waals surface area contributed by atoms with Gasteiger partial charge in [0, 0.05) is 22.9 Å². The van der Waals surface area contributed by atoms with Crippen LogP contribution in [0.5, 0.6) is 17.2 Å². The average Bonchev–Trinajstić information content (AvgIpc) is 2.58. The molecule has 0 saturated carbocycles. The minimum atomic E-state index is 0.334. The van der Waals surface area contributed by atoms with E-state index in [0.717, 1.165) is 47.5 Å². The third-order valence-corrected chi connectivity index (χ3v) is 4.42. The van der Waals surface area contributed by atoms with Crippen molar-refractivity contribution in [3.8, 4) is 17.2 Å². The van der Waals surface area contributed by atoms with Gasteiger partial charge in [-0.1, -0.05) is 6.42 Å². The predicted molar refractivity (Wildman–Crippen MR) is 87.8 cm³/mol. The van der Waals surface area contributed by atoms with Crippen LogP contribution in [-0.2, 0) is 6.54 Å². The summed E-state index contributed by atoms with van der Waals surface area (Å²) in [4.78, 5) is 2.39. The number of rotatable bonds is 4. The first-order chi connectivity index (χ1) is 10.7. The van der Waals surface area contributed by atoms with Gasteiger partial charge in [-0.05, 0) is 50.2 Å². The molecule has 0 radical (unpaired) electrons. The Labute approximate surface area is 131 Å². The number of hydrogen-bond donors (Lipinski definition) is 1. The van der Waals surface area contributed by atoms with E-state index in [9.17, 15) is 5.11 Å². The quantitative estimate of drug-likeness (QED) is 0.938.